The molecule has 2 fully saturated rings. The van der Waals surface area contributed by atoms with Crippen molar-refractivity contribution in [1.29, 1.82) is 0 Å². The number of hydrogen-bond acceptors (Lipinski definition) is 3. The first-order chi connectivity index (χ1) is 13.0. The minimum Gasteiger partial charge on any atom is -0.309 e. The zero-order valence-electron chi connectivity index (χ0n) is 16.1. The highest BCUT2D eigenvalue weighted by Crippen LogP contribution is 2.39. The lowest BCUT2D eigenvalue weighted by molar-refractivity contribution is -0.120. The average Bonchev–Trinajstić information content (AvgIpc) is 3.38. The van der Waals surface area contributed by atoms with Crippen molar-refractivity contribution in [3.63, 3.8) is 0 Å². The van der Waals surface area contributed by atoms with Gasteiger partial charge in [-0.15, -0.1) is 0 Å². The Balaban J connectivity index is 1.52. The molecule has 0 unspecified atom stereocenters. The molecule has 1 heterocycles. The van der Waals surface area contributed by atoms with E-state index in [2.05, 4.69) is 4.72 Å². The highest BCUT2D eigenvalue weighted by molar-refractivity contribution is 7.89. The summed E-state index contributed by atoms with van der Waals surface area (Å²) in [6.07, 6.45) is 10.4. The fraction of sp³-hybridized carbons (Fsp3) is 0.667. The molecule has 0 saturated heterocycles. The molecule has 1 N–H and O–H groups in total. The summed E-state index contributed by atoms with van der Waals surface area (Å²) in [5, 5.41) is 0. The van der Waals surface area contributed by atoms with Crippen LogP contribution in [0.15, 0.2) is 23.1 Å². The normalized spacial score (nSPS) is 24.3. The van der Waals surface area contributed by atoms with Crippen molar-refractivity contribution in [2.75, 3.05) is 4.90 Å². The Morgan fingerprint density at radius 2 is 1.70 bits per heavy atom. The first-order valence-electron chi connectivity index (χ1n) is 10.4. The number of hydrogen-bond donors (Lipinski definition) is 1. The molecule has 0 radical (unpaired) electrons. The van der Waals surface area contributed by atoms with E-state index in [4.69, 9.17) is 0 Å². The minimum absolute atomic E-state index is 0.0374. The Morgan fingerprint density at radius 1 is 1.04 bits per heavy atom. The number of anilines is 1. The van der Waals surface area contributed by atoms with Crippen LogP contribution in [-0.2, 0) is 21.2 Å². The fourth-order valence-corrected chi connectivity index (χ4v) is 5.85. The van der Waals surface area contributed by atoms with Crippen LogP contribution in [0.1, 0.15) is 70.3 Å². The maximum atomic E-state index is 12.9. The maximum Gasteiger partial charge on any atom is 0.240 e. The Morgan fingerprint density at radius 3 is 2.37 bits per heavy atom. The Kier molecular flexibility index (Phi) is 5.30. The summed E-state index contributed by atoms with van der Waals surface area (Å²) in [5.41, 5.74) is 1.86. The lowest BCUT2D eigenvalue weighted by Gasteiger charge is -2.23. The summed E-state index contributed by atoms with van der Waals surface area (Å²) < 4.78 is 28.8. The minimum atomic E-state index is -3.52. The van der Waals surface area contributed by atoms with Gasteiger partial charge in [-0.1, -0.05) is 32.1 Å². The molecule has 3 aliphatic rings. The summed E-state index contributed by atoms with van der Waals surface area (Å²) in [4.78, 5) is 14.8. The lowest BCUT2D eigenvalue weighted by Crippen LogP contribution is -2.36. The first-order valence-corrected chi connectivity index (χ1v) is 11.9. The maximum absolute atomic E-state index is 12.9. The van der Waals surface area contributed by atoms with Crippen LogP contribution in [0, 0.1) is 5.92 Å². The first kappa shape index (κ1) is 18.9. The van der Waals surface area contributed by atoms with Gasteiger partial charge in [-0.25, -0.2) is 13.1 Å². The second-order valence-electron chi connectivity index (χ2n) is 8.49. The van der Waals surface area contributed by atoms with Crippen molar-refractivity contribution < 1.29 is 13.2 Å². The van der Waals surface area contributed by atoms with Crippen molar-refractivity contribution in [1.82, 2.24) is 4.72 Å². The van der Waals surface area contributed by atoms with Gasteiger partial charge in [0.2, 0.25) is 15.9 Å². The molecule has 2 aliphatic carbocycles. The van der Waals surface area contributed by atoms with Crippen LogP contribution in [0.2, 0.25) is 0 Å². The number of carbonyl (C=O) groups excluding carboxylic acids is 1. The van der Waals surface area contributed by atoms with Crippen LogP contribution >= 0.6 is 0 Å². The largest absolute Gasteiger partial charge is 0.309 e. The number of sulfonamides is 1. The van der Waals surface area contributed by atoms with Gasteiger partial charge in [0.25, 0.3) is 0 Å². The SMILES string of the molecule is C[C@@H]1Cc2cc(S(=O)(=O)NC3CCCCCCC3)ccc2N1C(=O)C1CC1. The summed E-state index contributed by atoms with van der Waals surface area (Å²) in [5.74, 6) is 0.368. The van der Waals surface area contributed by atoms with Gasteiger partial charge >= 0.3 is 0 Å². The molecule has 0 bridgehead atoms. The number of carbonyl (C=O) groups is 1. The molecular formula is C21H30N2O3S. The molecule has 2 saturated carbocycles. The summed E-state index contributed by atoms with van der Waals surface area (Å²) >= 11 is 0. The number of nitrogens with one attached hydrogen (secondary N) is 1. The second kappa shape index (κ2) is 7.55. The number of amides is 1. The van der Waals surface area contributed by atoms with Gasteiger partial charge in [-0.05, 0) is 62.8 Å². The molecule has 27 heavy (non-hydrogen) atoms. The van der Waals surface area contributed by atoms with E-state index in [1.165, 1.54) is 19.3 Å². The van der Waals surface area contributed by atoms with Crippen molar-refractivity contribution >= 4 is 21.6 Å². The van der Waals surface area contributed by atoms with Gasteiger partial charge in [0, 0.05) is 23.7 Å². The lowest BCUT2D eigenvalue weighted by atomic mass is 9.97. The number of benzene rings is 1. The zero-order chi connectivity index (χ0) is 19.0. The van der Waals surface area contributed by atoms with Crippen molar-refractivity contribution in [2.24, 2.45) is 5.92 Å². The standard InChI is InChI=1S/C21H30N2O3S/c1-15-13-17-14-19(11-12-20(17)23(15)21(24)16-9-10-16)27(25,26)22-18-7-5-3-2-4-6-8-18/h11-12,14-16,18,22H,2-10,13H2,1H3/t15-/m1/s1. The van der Waals surface area contributed by atoms with Crippen molar-refractivity contribution in [3.05, 3.63) is 23.8 Å². The Bertz CT molecular complexity index is 809. The van der Waals surface area contributed by atoms with E-state index < -0.39 is 10.0 Å². The molecule has 5 nitrogen and oxygen atoms in total. The molecule has 1 aromatic rings. The topological polar surface area (TPSA) is 66.5 Å². The van der Waals surface area contributed by atoms with Crippen LogP contribution < -0.4 is 9.62 Å². The van der Waals surface area contributed by atoms with E-state index in [-0.39, 0.29) is 23.9 Å². The molecule has 1 atom stereocenters. The van der Waals surface area contributed by atoms with E-state index in [0.29, 0.717) is 4.90 Å². The molecule has 1 aromatic carbocycles. The van der Waals surface area contributed by atoms with E-state index in [1.807, 2.05) is 17.9 Å². The zero-order valence-corrected chi connectivity index (χ0v) is 16.9. The second-order valence-corrected chi connectivity index (χ2v) is 10.2. The van der Waals surface area contributed by atoms with Gasteiger partial charge in [-0.3, -0.25) is 4.79 Å². The molecule has 148 valence electrons. The van der Waals surface area contributed by atoms with Crippen LogP contribution in [0.5, 0.6) is 0 Å². The van der Waals surface area contributed by atoms with Crippen LogP contribution in [0.25, 0.3) is 0 Å². The number of fused-ring (bicyclic) bond motifs is 1. The van der Waals surface area contributed by atoms with E-state index in [9.17, 15) is 13.2 Å². The van der Waals surface area contributed by atoms with Gasteiger partial charge in [-0.2, -0.15) is 0 Å². The van der Waals surface area contributed by atoms with Gasteiger partial charge < -0.3 is 4.90 Å². The van der Waals surface area contributed by atoms with Gasteiger partial charge in [0.15, 0.2) is 0 Å². The predicted octanol–water partition coefficient (Wildman–Crippen LogP) is 3.77. The molecule has 1 aliphatic heterocycles. The average molecular weight is 391 g/mol. The molecule has 0 spiro atoms. The third-order valence-electron chi connectivity index (χ3n) is 6.17. The van der Waals surface area contributed by atoms with Gasteiger partial charge in [0.05, 0.1) is 4.90 Å². The molecule has 1 amide bonds. The fourth-order valence-electron chi connectivity index (χ4n) is 4.50. The molecular weight excluding hydrogens is 360 g/mol. The Labute approximate surface area is 162 Å². The molecule has 0 aromatic heterocycles. The summed E-state index contributed by atoms with van der Waals surface area (Å²) in [6.45, 7) is 2.04. The van der Waals surface area contributed by atoms with Gasteiger partial charge in [0.1, 0.15) is 0 Å². The van der Waals surface area contributed by atoms with Crippen LogP contribution in [-0.4, -0.2) is 26.4 Å². The highest BCUT2D eigenvalue weighted by Gasteiger charge is 2.39. The number of rotatable bonds is 4. The van der Waals surface area contributed by atoms with Crippen molar-refractivity contribution in [3.8, 4) is 0 Å². The van der Waals surface area contributed by atoms with Crippen LogP contribution in [0.3, 0.4) is 0 Å². The monoisotopic (exact) mass is 390 g/mol. The van der Waals surface area contributed by atoms with E-state index in [1.54, 1.807) is 12.1 Å². The quantitative estimate of drug-likeness (QED) is 0.851. The van der Waals surface area contributed by atoms with E-state index in [0.717, 1.165) is 56.2 Å². The predicted molar refractivity (Wildman–Crippen MR) is 106 cm³/mol. The molecule has 6 heteroatoms. The highest BCUT2D eigenvalue weighted by atomic mass is 32.2. The smallest absolute Gasteiger partial charge is 0.240 e. The summed E-state index contributed by atoms with van der Waals surface area (Å²) in [6, 6.07) is 5.40. The van der Waals surface area contributed by atoms with Crippen LogP contribution in [0.4, 0.5) is 5.69 Å². The van der Waals surface area contributed by atoms with Crippen molar-refractivity contribution in [2.45, 2.75) is 88.1 Å². The number of nitrogens with zero attached hydrogens (tertiary/aromatic N) is 1. The molecule has 4 rings (SSSR count). The Hall–Kier alpha value is -1.40. The summed E-state index contributed by atoms with van der Waals surface area (Å²) in [7, 11) is -3.52. The van der Waals surface area contributed by atoms with E-state index >= 15 is 0 Å². The third-order valence-corrected chi connectivity index (χ3v) is 7.69. The third kappa shape index (κ3) is 4.06.